The molecular formula is C15H21N5O. The standard InChI is InChI=1S/C15H21N5O/c1-10-7-8-16-20(10)11(2)15(21)18-13-5-4-6-14-12(13)9-17-19(14)3/h7-9,11,13H,4-6H2,1-3H3,(H,18,21). The van der Waals surface area contributed by atoms with Crippen LogP contribution in [-0.4, -0.2) is 25.5 Å². The Kier molecular flexibility index (Phi) is 3.53. The van der Waals surface area contributed by atoms with Crippen LogP contribution in [0.15, 0.2) is 18.5 Å². The first-order chi connectivity index (χ1) is 10.1. The molecule has 0 bridgehead atoms. The summed E-state index contributed by atoms with van der Waals surface area (Å²) in [4.78, 5) is 12.5. The van der Waals surface area contributed by atoms with Crippen LogP contribution in [0.3, 0.4) is 0 Å². The van der Waals surface area contributed by atoms with Crippen LogP contribution >= 0.6 is 0 Å². The second-order valence-electron chi connectivity index (χ2n) is 5.72. The maximum Gasteiger partial charge on any atom is 0.245 e. The molecule has 0 fully saturated rings. The number of aromatic nitrogens is 4. The number of hydrogen-bond donors (Lipinski definition) is 1. The summed E-state index contributed by atoms with van der Waals surface area (Å²) in [6.07, 6.45) is 6.68. The predicted molar refractivity (Wildman–Crippen MR) is 78.7 cm³/mol. The number of carbonyl (C=O) groups is 1. The van der Waals surface area contributed by atoms with E-state index >= 15 is 0 Å². The minimum absolute atomic E-state index is 0.00324. The Bertz CT molecular complexity index is 657. The third kappa shape index (κ3) is 2.46. The van der Waals surface area contributed by atoms with Crippen LogP contribution < -0.4 is 5.32 Å². The molecule has 1 N–H and O–H groups in total. The van der Waals surface area contributed by atoms with Gasteiger partial charge in [0, 0.05) is 30.2 Å². The molecule has 0 radical (unpaired) electrons. The lowest BCUT2D eigenvalue weighted by molar-refractivity contribution is -0.125. The molecule has 1 aliphatic carbocycles. The summed E-state index contributed by atoms with van der Waals surface area (Å²) < 4.78 is 3.66. The summed E-state index contributed by atoms with van der Waals surface area (Å²) in [7, 11) is 1.96. The van der Waals surface area contributed by atoms with E-state index in [9.17, 15) is 4.79 Å². The van der Waals surface area contributed by atoms with Crippen LogP contribution in [0.4, 0.5) is 0 Å². The minimum atomic E-state index is -0.304. The average Bonchev–Trinajstić information content (AvgIpc) is 3.06. The van der Waals surface area contributed by atoms with Gasteiger partial charge in [-0.3, -0.25) is 14.2 Å². The Labute approximate surface area is 124 Å². The SMILES string of the molecule is Cc1ccnn1C(C)C(=O)NC1CCCc2c1cnn2C. The number of carbonyl (C=O) groups excluding carboxylic acids is 1. The van der Waals surface area contributed by atoms with E-state index in [1.54, 1.807) is 10.9 Å². The lowest BCUT2D eigenvalue weighted by Crippen LogP contribution is -2.36. The molecule has 0 saturated heterocycles. The fourth-order valence-corrected chi connectivity index (χ4v) is 3.05. The van der Waals surface area contributed by atoms with Crippen molar-refractivity contribution in [1.82, 2.24) is 24.9 Å². The summed E-state index contributed by atoms with van der Waals surface area (Å²) in [5.74, 6) is 0.00324. The first-order valence-electron chi connectivity index (χ1n) is 7.39. The van der Waals surface area contributed by atoms with Crippen molar-refractivity contribution in [2.75, 3.05) is 0 Å². The van der Waals surface area contributed by atoms with Crippen LogP contribution in [0.25, 0.3) is 0 Å². The smallest absolute Gasteiger partial charge is 0.245 e. The lowest BCUT2D eigenvalue weighted by Gasteiger charge is -2.25. The molecule has 0 aliphatic heterocycles. The number of nitrogens with one attached hydrogen (secondary N) is 1. The summed E-state index contributed by atoms with van der Waals surface area (Å²) in [5, 5.41) is 11.7. The zero-order chi connectivity index (χ0) is 15.0. The van der Waals surface area contributed by atoms with E-state index in [1.807, 2.05) is 37.8 Å². The molecule has 0 spiro atoms. The second kappa shape index (κ2) is 5.35. The van der Waals surface area contributed by atoms with Gasteiger partial charge in [-0.05, 0) is 39.2 Å². The largest absolute Gasteiger partial charge is 0.347 e. The van der Waals surface area contributed by atoms with E-state index < -0.39 is 0 Å². The van der Waals surface area contributed by atoms with Gasteiger partial charge in [0.05, 0.1) is 12.2 Å². The molecule has 1 aliphatic rings. The molecule has 6 heteroatoms. The van der Waals surface area contributed by atoms with E-state index in [4.69, 9.17) is 0 Å². The predicted octanol–water partition coefficient (Wildman–Crippen LogP) is 1.68. The summed E-state index contributed by atoms with van der Waals surface area (Å²) in [6, 6.07) is 1.67. The third-order valence-corrected chi connectivity index (χ3v) is 4.31. The van der Waals surface area contributed by atoms with E-state index in [1.165, 1.54) is 5.69 Å². The summed E-state index contributed by atoms with van der Waals surface area (Å²) in [5.41, 5.74) is 3.37. The Morgan fingerprint density at radius 1 is 1.48 bits per heavy atom. The van der Waals surface area contributed by atoms with Gasteiger partial charge >= 0.3 is 0 Å². The molecule has 0 saturated carbocycles. The Hall–Kier alpha value is -2.11. The molecule has 6 nitrogen and oxygen atoms in total. The topological polar surface area (TPSA) is 64.7 Å². The van der Waals surface area contributed by atoms with E-state index in [-0.39, 0.29) is 18.0 Å². The third-order valence-electron chi connectivity index (χ3n) is 4.31. The van der Waals surface area contributed by atoms with Crippen LogP contribution in [0.5, 0.6) is 0 Å². The molecule has 1 amide bonds. The highest BCUT2D eigenvalue weighted by molar-refractivity contribution is 5.80. The van der Waals surface area contributed by atoms with Crippen molar-refractivity contribution in [3.05, 3.63) is 35.4 Å². The molecule has 2 atom stereocenters. The van der Waals surface area contributed by atoms with Gasteiger partial charge < -0.3 is 5.32 Å². The number of aryl methyl sites for hydroxylation is 2. The first kappa shape index (κ1) is 13.9. The highest BCUT2D eigenvalue weighted by Crippen LogP contribution is 2.29. The van der Waals surface area contributed by atoms with Gasteiger partial charge in [-0.25, -0.2) is 0 Å². The Morgan fingerprint density at radius 2 is 2.29 bits per heavy atom. The van der Waals surface area contributed by atoms with Gasteiger partial charge in [0.2, 0.25) is 5.91 Å². The lowest BCUT2D eigenvalue weighted by atomic mass is 9.93. The Morgan fingerprint density at radius 3 is 3.00 bits per heavy atom. The molecule has 0 aromatic carbocycles. The van der Waals surface area contributed by atoms with Crippen LogP contribution in [0.2, 0.25) is 0 Å². The Balaban J connectivity index is 1.75. The van der Waals surface area contributed by atoms with E-state index in [2.05, 4.69) is 15.5 Å². The normalized spacial score (nSPS) is 19.1. The fourth-order valence-electron chi connectivity index (χ4n) is 3.05. The van der Waals surface area contributed by atoms with Gasteiger partial charge in [-0.15, -0.1) is 0 Å². The molecule has 3 rings (SSSR count). The van der Waals surface area contributed by atoms with Gasteiger partial charge in [0.25, 0.3) is 0 Å². The van der Waals surface area contributed by atoms with E-state index in [0.29, 0.717) is 0 Å². The highest BCUT2D eigenvalue weighted by atomic mass is 16.2. The van der Waals surface area contributed by atoms with Gasteiger partial charge in [0.1, 0.15) is 6.04 Å². The number of fused-ring (bicyclic) bond motifs is 1. The zero-order valence-corrected chi connectivity index (χ0v) is 12.7. The second-order valence-corrected chi connectivity index (χ2v) is 5.72. The number of rotatable bonds is 3. The summed E-state index contributed by atoms with van der Waals surface area (Å²) >= 11 is 0. The van der Waals surface area contributed by atoms with Crippen molar-refractivity contribution < 1.29 is 4.79 Å². The molecule has 2 aromatic rings. The molecular weight excluding hydrogens is 266 g/mol. The van der Waals surface area contributed by atoms with Crippen molar-refractivity contribution in [2.45, 2.75) is 45.2 Å². The van der Waals surface area contributed by atoms with Crippen molar-refractivity contribution in [3.8, 4) is 0 Å². The quantitative estimate of drug-likeness (QED) is 0.934. The molecule has 2 heterocycles. The number of hydrogen-bond acceptors (Lipinski definition) is 3. The molecule has 21 heavy (non-hydrogen) atoms. The zero-order valence-electron chi connectivity index (χ0n) is 12.7. The van der Waals surface area contributed by atoms with Crippen LogP contribution in [0, 0.1) is 6.92 Å². The van der Waals surface area contributed by atoms with Crippen molar-refractivity contribution in [3.63, 3.8) is 0 Å². The van der Waals surface area contributed by atoms with Crippen molar-refractivity contribution >= 4 is 5.91 Å². The van der Waals surface area contributed by atoms with Crippen molar-refractivity contribution in [1.29, 1.82) is 0 Å². The molecule has 112 valence electrons. The van der Waals surface area contributed by atoms with Gasteiger partial charge in [0.15, 0.2) is 0 Å². The van der Waals surface area contributed by atoms with Gasteiger partial charge in [-0.1, -0.05) is 0 Å². The summed E-state index contributed by atoms with van der Waals surface area (Å²) in [6.45, 7) is 3.83. The monoisotopic (exact) mass is 287 g/mol. The number of amides is 1. The maximum atomic E-state index is 12.5. The highest BCUT2D eigenvalue weighted by Gasteiger charge is 2.27. The van der Waals surface area contributed by atoms with Crippen molar-refractivity contribution in [2.24, 2.45) is 7.05 Å². The minimum Gasteiger partial charge on any atom is -0.347 e. The molecule has 2 aromatic heterocycles. The van der Waals surface area contributed by atoms with Gasteiger partial charge in [-0.2, -0.15) is 10.2 Å². The van der Waals surface area contributed by atoms with Crippen LogP contribution in [0.1, 0.15) is 48.8 Å². The first-order valence-corrected chi connectivity index (χ1v) is 7.39. The van der Waals surface area contributed by atoms with E-state index in [0.717, 1.165) is 30.5 Å². The number of nitrogens with zero attached hydrogens (tertiary/aromatic N) is 4. The van der Waals surface area contributed by atoms with Crippen LogP contribution in [-0.2, 0) is 18.3 Å². The maximum absolute atomic E-state index is 12.5. The fraction of sp³-hybridized carbons (Fsp3) is 0.533. The molecule has 2 unspecified atom stereocenters. The average molecular weight is 287 g/mol.